The number of phenolic OH excluding ortho intramolecular Hbond substituents is 2. The van der Waals surface area contributed by atoms with Crippen LogP contribution in [-0.2, 0) is 10.1 Å². The number of aromatic nitrogens is 2. The SMILES string of the molecule is O.O.O=S(=O)([O-])c1cc(I)c(O)c2ncccc12.Oc1cccc2ccc[nH+]c12. The summed E-state index contributed by atoms with van der Waals surface area (Å²) in [5.41, 5.74) is 0.902. The Kier molecular flexibility index (Phi) is 8.23. The van der Waals surface area contributed by atoms with E-state index in [2.05, 4.69) is 9.97 Å². The van der Waals surface area contributed by atoms with Crippen LogP contribution in [0, 0.1) is 3.57 Å². The summed E-state index contributed by atoms with van der Waals surface area (Å²) in [5, 5.41) is 20.2. The highest BCUT2D eigenvalue weighted by Gasteiger charge is 2.14. The van der Waals surface area contributed by atoms with E-state index in [4.69, 9.17) is 0 Å². The van der Waals surface area contributed by atoms with Crippen molar-refractivity contribution in [3.8, 4) is 11.5 Å². The zero-order chi connectivity index (χ0) is 19.6. The summed E-state index contributed by atoms with van der Waals surface area (Å²) < 4.78 is 33.4. The molecule has 0 aliphatic carbocycles. The molecule has 11 heteroatoms. The van der Waals surface area contributed by atoms with Gasteiger partial charge in [0.25, 0.3) is 5.52 Å². The minimum atomic E-state index is -4.57. The van der Waals surface area contributed by atoms with Gasteiger partial charge in [-0.15, -0.1) is 0 Å². The van der Waals surface area contributed by atoms with Gasteiger partial charge in [0, 0.05) is 17.6 Å². The lowest BCUT2D eigenvalue weighted by Gasteiger charge is -2.12. The van der Waals surface area contributed by atoms with Crippen LogP contribution in [0.3, 0.4) is 0 Å². The predicted octanol–water partition coefficient (Wildman–Crippen LogP) is 1.16. The maximum absolute atomic E-state index is 11.0. The third-order valence-electron chi connectivity index (χ3n) is 3.73. The molecule has 0 saturated carbocycles. The molecular weight excluding hydrogens is 515 g/mol. The highest BCUT2D eigenvalue weighted by atomic mass is 127. The van der Waals surface area contributed by atoms with Gasteiger partial charge in [0.2, 0.25) is 0 Å². The summed E-state index contributed by atoms with van der Waals surface area (Å²) >= 11 is 1.74. The van der Waals surface area contributed by atoms with Gasteiger partial charge in [-0.2, -0.15) is 0 Å². The first-order valence-corrected chi connectivity index (χ1v) is 10.1. The van der Waals surface area contributed by atoms with Crippen molar-refractivity contribution in [1.82, 2.24) is 4.98 Å². The van der Waals surface area contributed by atoms with E-state index in [1.165, 1.54) is 18.3 Å². The van der Waals surface area contributed by atoms with Crippen LogP contribution in [0.4, 0.5) is 0 Å². The maximum Gasteiger partial charge on any atom is 0.252 e. The minimum absolute atomic E-state index is 0. The van der Waals surface area contributed by atoms with E-state index in [0.29, 0.717) is 5.75 Å². The van der Waals surface area contributed by atoms with Crippen LogP contribution in [0.2, 0.25) is 0 Å². The van der Waals surface area contributed by atoms with Gasteiger partial charge in [-0.25, -0.2) is 13.4 Å². The number of phenols is 2. The topological polar surface area (TPSA) is 188 Å². The molecule has 0 radical (unpaired) electrons. The number of benzene rings is 2. The highest BCUT2D eigenvalue weighted by molar-refractivity contribution is 14.1. The minimum Gasteiger partial charge on any atom is -0.744 e. The molecule has 0 aliphatic heterocycles. The molecule has 0 amide bonds. The Labute approximate surface area is 179 Å². The van der Waals surface area contributed by atoms with Crippen molar-refractivity contribution in [1.29, 1.82) is 0 Å². The zero-order valence-electron chi connectivity index (χ0n) is 14.6. The van der Waals surface area contributed by atoms with Crippen molar-refractivity contribution in [2.45, 2.75) is 4.90 Å². The van der Waals surface area contributed by atoms with Crippen molar-refractivity contribution in [2.24, 2.45) is 0 Å². The lowest BCUT2D eigenvalue weighted by Crippen LogP contribution is -2.01. The Morgan fingerprint density at radius 1 is 1.03 bits per heavy atom. The van der Waals surface area contributed by atoms with Crippen LogP contribution in [0.1, 0.15) is 0 Å². The monoisotopic (exact) mass is 532 g/mol. The number of rotatable bonds is 1. The molecule has 2 heterocycles. The molecule has 0 atom stereocenters. The molecule has 0 aliphatic rings. The van der Waals surface area contributed by atoms with Gasteiger partial charge < -0.3 is 25.7 Å². The number of para-hydroxylation sites is 1. The summed E-state index contributed by atoms with van der Waals surface area (Å²) in [7, 11) is -4.57. The molecule has 2 aromatic carbocycles. The number of pyridine rings is 2. The number of hydrogen-bond donors (Lipinski definition) is 2. The van der Waals surface area contributed by atoms with Gasteiger partial charge in [-0.1, -0.05) is 6.07 Å². The zero-order valence-corrected chi connectivity index (χ0v) is 17.6. The summed E-state index contributed by atoms with van der Waals surface area (Å²) in [6.07, 6.45) is 3.21. The molecule has 2 aromatic heterocycles. The van der Waals surface area contributed by atoms with Crippen LogP contribution in [0.25, 0.3) is 21.8 Å². The predicted molar refractivity (Wildman–Crippen MR) is 113 cm³/mol. The second kappa shape index (κ2) is 9.76. The van der Waals surface area contributed by atoms with E-state index < -0.39 is 10.1 Å². The second-order valence-electron chi connectivity index (χ2n) is 5.47. The van der Waals surface area contributed by atoms with Gasteiger partial charge in [0.05, 0.1) is 13.9 Å². The molecule has 0 unspecified atom stereocenters. The lowest BCUT2D eigenvalue weighted by atomic mass is 10.2. The largest absolute Gasteiger partial charge is 0.744 e. The van der Waals surface area contributed by atoms with Crippen molar-refractivity contribution < 1.29 is 39.1 Å². The normalized spacial score (nSPS) is 10.4. The van der Waals surface area contributed by atoms with E-state index in [-0.39, 0.29) is 36.1 Å². The van der Waals surface area contributed by atoms with Crippen LogP contribution in [0.5, 0.6) is 11.5 Å². The Morgan fingerprint density at radius 2 is 1.72 bits per heavy atom. The number of nitrogens with zero attached hydrogens (tertiary/aromatic N) is 1. The van der Waals surface area contributed by atoms with Crippen LogP contribution in [-0.4, -0.2) is 39.1 Å². The number of H-pyrrole nitrogens is 1. The molecule has 4 rings (SSSR count). The van der Waals surface area contributed by atoms with E-state index >= 15 is 0 Å². The molecule has 0 saturated heterocycles. The lowest BCUT2D eigenvalue weighted by molar-refractivity contribution is -0.345. The van der Waals surface area contributed by atoms with E-state index in [0.717, 1.165) is 17.0 Å². The van der Waals surface area contributed by atoms with Crippen LogP contribution < -0.4 is 4.98 Å². The summed E-state index contributed by atoms with van der Waals surface area (Å²) in [5.74, 6) is 0.173. The molecule has 4 aromatic rings. The van der Waals surface area contributed by atoms with Crippen molar-refractivity contribution in [2.75, 3.05) is 0 Å². The Hall–Kier alpha value is -2.58. The third kappa shape index (κ3) is 5.27. The van der Waals surface area contributed by atoms with Crippen molar-refractivity contribution >= 4 is 54.5 Å². The number of nitrogens with one attached hydrogen (secondary N) is 1. The maximum atomic E-state index is 11.0. The number of aromatic hydroxyl groups is 2. The molecule has 7 N–H and O–H groups in total. The van der Waals surface area contributed by atoms with E-state index in [1.54, 1.807) is 34.9 Å². The van der Waals surface area contributed by atoms with E-state index in [1.807, 2.05) is 24.3 Å². The highest BCUT2D eigenvalue weighted by Crippen LogP contribution is 2.33. The first-order valence-electron chi connectivity index (χ1n) is 7.59. The quantitative estimate of drug-likeness (QED) is 0.273. The Balaban J connectivity index is 0.000000286. The Morgan fingerprint density at radius 3 is 2.38 bits per heavy atom. The summed E-state index contributed by atoms with van der Waals surface area (Å²) in [4.78, 5) is 6.46. The standard InChI is InChI=1S/C9H6INO4S.C9H7NO.2H2O/c10-6-4-7(16(13,14)15)5-2-1-3-11-8(5)9(6)12;11-8-5-1-3-7-4-2-6-10-9(7)8;;/h1-4,12H,(H,13,14,15);1-6,11H;2*1H2. The third-order valence-corrected chi connectivity index (χ3v) is 5.42. The molecule has 0 fully saturated rings. The van der Waals surface area contributed by atoms with Gasteiger partial charge in [0.1, 0.15) is 15.6 Å². The number of aromatic amines is 1. The second-order valence-corrected chi connectivity index (χ2v) is 7.98. The average Bonchev–Trinajstić information content (AvgIpc) is 2.65. The fourth-order valence-corrected chi connectivity index (χ4v) is 3.99. The van der Waals surface area contributed by atoms with Gasteiger partial charge in [0.15, 0.2) is 17.7 Å². The first kappa shape index (κ1) is 24.5. The fraction of sp³-hybridized carbons (Fsp3) is 0. The number of halogens is 1. The molecular formula is C18H17IN2O7S. The van der Waals surface area contributed by atoms with Gasteiger partial charge >= 0.3 is 0 Å². The molecule has 0 bridgehead atoms. The summed E-state index contributed by atoms with van der Waals surface area (Å²) in [6.45, 7) is 0. The van der Waals surface area contributed by atoms with Crippen LogP contribution in [0.15, 0.2) is 65.8 Å². The molecule has 0 spiro atoms. The van der Waals surface area contributed by atoms with Gasteiger partial charge in [-0.3, -0.25) is 4.98 Å². The Bertz CT molecular complexity index is 1240. The summed E-state index contributed by atoms with van der Waals surface area (Å²) in [6, 6.07) is 13.4. The molecule has 9 nitrogen and oxygen atoms in total. The van der Waals surface area contributed by atoms with Gasteiger partial charge in [-0.05, 0) is 59.0 Å². The van der Waals surface area contributed by atoms with Crippen molar-refractivity contribution in [3.05, 3.63) is 64.5 Å². The molecule has 29 heavy (non-hydrogen) atoms. The number of fused-ring (bicyclic) bond motifs is 2. The molecule has 154 valence electrons. The van der Waals surface area contributed by atoms with Crippen molar-refractivity contribution in [3.63, 3.8) is 0 Å². The first-order chi connectivity index (χ1) is 12.8. The van der Waals surface area contributed by atoms with Crippen LogP contribution >= 0.6 is 22.6 Å². The fourth-order valence-electron chi connectivity index (χ4n) is 2.51. The smallest absolute Gasteiger partial charge is 0.252 e. The average molecular weight is 532 g/mol. The van der Waals surface area contributed by atoms with E-state index in [9.17, 15) is 23.2 Å². The number of hydrogen-bond acceptors (Lipinski definition) is 6.